The summed E-state index contributed by atoms with van der Waals surface area (Å²) in [4.78, 5) is 174. The number of amides is 10. The van der Waals surface area contributed by atoms with Gasteiger partial charge in [-0.1, -0.05) is 80.4 Å². The van der Waals surface area contributed by atoms with Gasteiger partial charge in [-0.25, -0.2) is 4.79 Å². The van der Waals surface area contributed by atoms with E-state index in [4.69, 9.17) is 22.9 Å². The number of aromatic hydroxyl groups is 1. The van der Waals surface area contributed by atoms with E-state index in [0.29, 0.717) is 31.2 Å². The quantitative estimate of drug-likeness (QED) is 0.0314. The summed E-state index contributed by atoms with van der Waals surface area (Å²) in [6.45, 7) is 14.1. The molecule has 0 bridgehead atoms. The zero-order chi connectivity index (χ0) is 66.2. The molecule has 1 rings (SSSR count). The number of aliphatic carboxylic acids is 3. The molecule has 0 unspecified atom stereocenters. The smallest absolute Gasteiger partial charge is 0.326 e. The van der Waals surface area contributed by atoms with Crippen LogP contribution in [0.4, 0.5) is 0 Å². The SMILES string of the molecule is CC[C@H](C)[C@H](N)C(=O)N[C@@H](CC(C)C)C(=O)N[C@@H](CC(=O)O)C(=O)N[C@@H](CC(C)C)C(=O)N[C@@H](CCCCN)C(=O)N[C@@H](CC(N)=O)C(=O)N[C@@H](Cc1ccc(O)cc1)C(=O)N[C@H](C(=O)N[C@@H](CC(=O)O)C(=O)N[C@@H](CCCCN)C(=O)O)[C@@H](C)CC. The minimum Gasteiger partial charge on any atom is -0.508 e. The molecule has 0 saturated heterocycles. The number of nitrogens with two attached hydrogens (primary N) is 4. The van der Waals surface area contributed by atoms with Crippen LogP contribution in [0.25, 0.3) is 0 Å². The fraction of sp³-hybridized carbons (Fsp3) is 0.667. The molecule has 0 aliphatic rings. The standard InChI is InChI=1S/C57H95N13O17/c1-9-31(7)46(61)55(84)68-38(24-30(5)6)50(79)67-41(27-44(73)74)53(82)64-37(23-29(3)4)49(78)62-35(15-11-13-21-58)48(77)66-40(26-43(60)72)51(80)65-39(25-33-17-19-34(71)20-18-33)54(83)70-47(32(8)10-2)56(85)69-42(28-45(75)76)52(81)63-36(57(86)87)16-12-14-22-59/h17-20,29-32,35-42,46-47,71H,9-16,21-28,58-59,61H2,1-8H3,(H2,60,72)(H,62,78)(H,63,81)(H,64,82)(H,65,80)(H,66,77)(H,67,79)(H,68,84)(H,69,85)(H,70,83)(H,73,74)(H,75,76)(H,86,87)/t31-,32-,35-,36-,37-,38-,39-,40-,41-,42-,46-,47-/m0/s1. The molecule has 30 heteroatoms. The van der Waals surface area contributed by atoms with Gasteiger partial charge in [0.15, 0.2) is 0 Å². The second kappa shape index (κ2) is 39.7. The predicted molar refractivity (Wildman–Crippen MR) is 317 cm³/mol. The lowest BCUT2D eigenvalue weighted by atomic mass is 9.96. The number of carbonyl (C=O) groups excluding carboxylic acids is 10. The maximum Gasteiger partial charge on any atom is 0.326 e. The monoisotopic (exact) mass is 1230 g/mol. The zero-order valence-corrected chi connectivity index (χ0v) is 51.1. The Balaban J connectivity index is 3.70. The van der Waals surface area contributed by atoms with Gasteiger partial charge in [-0.05, 0) is 106 Å². The number of unbranched alkanes of at least 4 members (excludes halogenated alkanes) is 2. The first-order chi connectivity index (χ1) is 40.8. The van der Waals surface area contributed by atoms with E-state index in [1.54, 1.807) is 48.5 Å². The average molecular weight is 1230 g/mol. The highest BCUT2D eigenvalue weighted by Gasteiger charge is 2.38. The predicted octanol–water partition coefficient (Wildman–Crippen LogP) is -2.02. The highest BCUT2D eigenvalue weighted by molar-refractivity contribution is 6.00. The molecule has 0 aliphatic carbocycles. The minimum atomic E-state index is -1.87. The summed E-state index contributed by atoms with van der Waals surface area (Å²) in [7, 11) is 0. The Labute approximate surface area is 507 Å². The van der Waals surface area contributed by atoms with Gasteiger partial charge in [0.2, 0.25) is 59.1 Å². The summed E-state index contributed by atoms with van der Waals surface area (Å²) in [5.41, 5.74) is 23.3. The van der Waals surface area contributed by atoms with Gasteiger partial charge in [0.1, 0.15) is 60.1 Å². The van der Waals surface area contributed by atoms with E-state index in [0.717, 1.165) is 0 Å². The van der Waals surface area contributed by atoms with Crippen LogP contribution in [0.2, 0.25) is 0 Å². The van der Waals surface area contributed by atoms with Crippen LogP contribution in [0, 0.1) is 23.7 Å². The van der Waals surface area contributed by atoms with E-state index in [-0.39, 0.29) is 81.5 Å². The molecule has 1 aromatic rings. The molecule has 0 saturated carbocycles. The van der Waals surface area contributed by atoms with Crippen molar-refractivity contribution >= 4 is 77.0 Å². The van der Waals surface area contributed by atoms with E-state index in [9.17, 15) is 82.8 Å². The van der Waals surface area contributed by atoms with E-state index in [2.05, 4.69) is 47.9 Å². The Bertz CT molecular complexity index is 2480. The summed E-state index contributed by atoms with van der Waals surface area (Å²) in [6, 6.07) is -10.0. The Hall–Kier alpha value is -7.99. The number of rotatable bonds is 43. The Kier molecular flexibility index (Phi) is 35.1. The normalized spacial score (nSPS) is 15.4. The van der Waals surface area contributed by atoms with Crippen molar-refractivity contribution < 1.29 is 82.8 Å². The minimum absolute atomic E-state index is 0.0636. The molecule has 0 aromatic heterocycles. The molecule has 0 heterocycles. The number of hydrogen-bond donors (Lipinski definition) is 17. The van der Waals surface area contributed by atoms with E-state index in [1.165, 1.54) is 24.3 Å². The number of carboxylic acid groups (broad SMARTS) is 3. The number of phenolic OH excluding ortho intramolecular Hbond substituents is 1. The van der Waals surface area contributed by atoms with Crippen molar-refractivity contribution in [2.75, 3.05) is 13.1 Å². The van der Waals surface area contributed by atoms with E-state index < -0.39 is 163 Å². The molecule has 21 N–H and O–H groups in total. The molecule has 490 valence electrons. The fourth-order valence-electron chi connectivity index (χ4n) is 8.80. The average Bonchev–Trinajstić information content (AvgIpc) is 3.00. The lowest BCUT2D eigenvalue weighted by Gasteiger charge is -2.29. The van der Waals surface area contributed by atoms with Gasteiger partial charge in [0.25, 0.3) is 0 Å². The van der Waals surface area contributed by atoms with Crippen LogP contribution in [-0.2, 0) is 68.7 Å². The molecule has 0 radical (unpaired) electrons. The number of benzene rings is 1. The molecule has 0 spiro atoms. The molecular formula is C57H95N13O17. The summed E-state index contributed by atoms with van der Waals surface area (Å²) in [5.74, 6) is -16.4. The van der Waals surface area contributed by atoms with Gasteiger partial charge < -0.3 is 91.2 Å². The third-order valence-corrected chi connectivity index (χ3v) is 14.2. The zero-order valence-electron chi connectivity index (χ0n) is 51.1. The number of hydrogen-bond acceptors (Lipinski definition) is 17. The highest BCUT2D eigenvalue weighted by atomic mass is 16.4. The molecule has 12 atom stereocenters. The van der Waals surface area contributed by atoms with Crippen LogP contribution >= 0.6 is 0 Å². The molecule has 1 aromatic carbocycles. The second-order valence-electron chi connectivity index (χ2n) is 22.7. The van der Waals surface area contributed by atoms with Crippen LogP contribution in [0.5, 0.6) is 5.75 Å². The Morgan fingerprint density at radius 3 is 1.21 bits per heavy atom. The molecular weight excluding hydrogens is 1140 g/mol. The molecule has 30 nitrogen and oxygen atoms in total. The van der Waals surface area contributed by atoms with Crippen LogP contribution in [0.1, 0.15) is 144 Å². The largest absolute Gasteiger partial charge is 0.508 e. The lowest BCUT2D eigenvalue weighted by molar-refractivity contribution is -0.144. The Morgan fingerprint density at radius 1 is 0.437 bits per heavy atom. The van der Waals surface area contributed by atoms with E-state index >= 15 is 0 Å². The Morgan fingerprint density at radius 2 is 0.793 bits per heavy atom. The van der Waals surface area contributed by atoms with Gasteiger partial charge in [-0.3, -0.25) is 57.5 Å². The summed E-state index contributed by atoms with van der Waals surface area (Å²) >= 11 is 0. The molecule has 87 heavy (non-hydrogen) atoms. The van der Waals surface area contributed by atoms with Crippen LogP contribution in [-0.4, -0.2) is 171 Å². The molecule has 10 amide bonds. The van der Waals surface area contributed by atoms with Gasteiger partial charge in [0.05, 0.1) is 25.3 Å². The first-order valence-corrected chi connectivity index (χ1v) is 29.4. The first kappa shape index (κ1) is 77.0. The van der Waals surface area contributed by atoms with Crippen LogP contribution in [0.15, 0.2) is 24.3 Å². The van der Waals surface area contributed by atoms with Gasteiger partial charge in [-0.2, -0.15) is 0 Å². The maximum absolute atomic E-state index is 14.5. The van der Waals surface area contributed by atoms with Crippen molar-refractivity contribution in [3.05, 3.63) is 29.8 Å². The topological polar surface area (TPSA) is 515 Å². The van der Waals surface area contributed by atoms with Crippen molar-refractivity contribution in [3.63, 3.8) is 0 Å². The lowest BCUT2D eigenvalue weighted by Crippen LogP contribution is -2.62. The molecule has 0 fully saturated rings. The van der Waals surface area contributed by atoms with Gasteiger partial charge >= 0.3 is 17.9 Å². The summed E-state index contributed by atoms with van der Waals surface area (Å²) in [6.07, 6.45) is -1.42. The van der Waals surface area contributed by atoms with E-state index in [1.807, 2.05) is 6.92 Å². The highest BCUT2D eigenvalue weighted by Crippen LogP contribution is 2.16. The van der Waals surface area contributed by atoms with Gasteiger partial charge in [-0.15, -0.1) is 0 Å². The van der Waals surface area contributed by atoms with Crippen molar-refractivity contribution in [2.45, 2.75) is 206 Å². The summed E-state index contributed by atoms with van der Waals surface area (Å²) < 4.78 is 0. The number of nitrogens with one attached hydrogen (secondary N) is 9. The second-order valence-corrected chi connectivity index (χ2v) is 22.7. The first-order valence-electron chi connectivity index (χ1n) is 29.4. The maximum atomic E-state index is 14.5. The number of phenols is 1. The van der Waals surface area contributed by atoms with Crippen LogP contribution in [0.3, 0.4) is 0 Å². The fourth-order valence-corrected chi connectivity index (χ4v) is 8.80. The van der Waals surface area contributed by atoms with Crippen molar-refractivity contribution in [1.29, 1.82) is 0 Å². The number of primary amides is 1. The third kappa shape index (κ3) is 29.3. The van der Waals surface area contributed by atoms with Crippen molar-refractivity contribution in [3.8, 4) is 5.75 Å². The number of carboxylic acids is 3. The van der Waals surface area contributed by atoms with Crippen LogP contribution < -0.4 is 70.8 Å². The number of carbonyl (C=O) groups is 13. The van der Waals surface area contributed by atoms with Crippen molar-refractivity contribution in [1.82, 2.24) is 47.9 Å². The summed E-state index contributed by atoms with van der Waals surface area (Å²) in [5, 5.41) is 61.3. The van der Waals surface area contributed by atoms with Gasteiger partial charge in [0, 0.05) is 6.42 Å². The third-order valence-electron chi connectivity index (χ3n) is 14.2. The molecule has 0 aliphatic heterocycles. The van der Waals surface area contributed by atoms with Crippen molar-refractivity contribution in [2.24, 2.45) is 46.6 Å².